The molecule has 3 rings (SSSR count). The van der Waals surface area contributed by atoms with Crippen molar-refractivity contribution in [3.05, 3.63) is 64.5 Å². The lowest BCUT2D eigenvalue weighted by Crippen LogP contribution is -2.06. The molecule has 1 aromatic heterocycles. The highest BCUT2D eigenvalue weighted by molar-refractivity contribution is 6.31. The smallest absolute Gasteiger partial charge is 0.203 e. The van der Waals surface area contributed by atoms with Crippen molar-refractivity contribution in [1.82, 2.24) is 4.98 Å². The van der Waals surface area contributed by atoms with E-state index in [0.29, 0.717) is 22.1 Å². The molecule has 0 atom stereocenters. The molecule has 0 spiro atoms. The van der Waals surface area contributed by atoms with E-state index in [9.17, 15) is 4.79 Å². The lowest BCUT2D eigenvalue weighted by Gasteiger charge is -2.04. The first-order valence-electron chi connectivity index (χ1n) is 6.28. The van der Waals surface area contributed by atoms with Gasteiger partial charge in [-0.1, -0.05) is 35.9 Å². The maximum Gasteiger partial charge on any atom is 0.203 e. The Morgan fingerprint density at radius 3 is 2.80 bits per heavy atom. The third-order valence-corrected chi connectivity index (χ3v) is 3.63. The van der Waals surface area contributed by atoms with E-state index in [0.717, 1.165) is 11.1 Å². The molecule has 0 bridgehead atoms. The fourth-order valence-corrected chi connectivity index (χ4v) is 2.31. The average Bonchev–Trinajstić information content (AvgIpc) is 2.83. The minimum absolute atomic E-state index is 0.0449. The summed E-state index contributed by atoms with van der Waals surface area (Å²) in [5.41, 5.74) is 2.85. The second-order valence-electron chi connectivity index (χ2n) is 4.59. The molecule has 2 aromatic carbocycles. The van der Waals surface area contributed by atoms with Crippen LogP contribution in [-0.2, 0) is 6.42 Å². The van der Waals surface area contributed by atoms with Gasteiger partial charge in [-0.15, -0.1) is 0 Å². The number of para-hydroxylation sites is 2. The summed E-state index contributed by atoms with van der Waals surface area (Å²) in [6, 6.07) is 12.8. The first kappa shape index (κ1) is 12.9. The minimum atomic E-state index is -0.0449. The van der Waals surface area contributed by atoms with E-state index in [-0.39, 0.29) is 12.2 Å². The van der Waals surface area contributed by atoms with E-state index in [1.807, 2.05) is 31.2 Å². The normalized spacial score (nSPS) is 10.9. The van der Waals surface area contributed by atoms with Gasteiger partial charge in [0.05, 0.1) is 6.42 Å². The van der Waals surface area contributed by atoms with Gasteiger partial charge in [-0.25, -0.2) is 4.98 Å². The molecule has 0 unspecified atom stereocenters. The minimum Gasteiger partial charge on any atom is -0.440 e. The highest BCUT2D eigenvalue weighted by Crippen LogP contribution is 2.21. The molecule has 0 aliphatic carbocycles. The molecule has 0 saturated carbocycles. The second-order valence-corrected chi connectivity index (χ2v) is 4.99. The number of Topliss-reactive ketones (excluding diaryl/α,β-unsaturated/α-hetero) is 1. The number of hydrogen-bond acceptors (Lipinski definition) is 3. The lowest BCUT2D eigenvalue weighted by molar-refractivity contribution is 0.0985. The van der Waals surface area contributed by atoms with Crippen molar-refractivity contribution in [3.8, 4) is 0 Å². The summed E-state index contributed by atoms with van der Waals surface area (Å²) in [6.07, 6.45) is 0.135. The standard InChI is InChI=1S/C16H12ClNO2/c1-10-11(5-4-6-12(10)17)14(19)9-16-18-13-7-2-3-8-15(13)20-16/h2-8H,9H2,1H3. The molecule has 1 heterocycles. The van der Waals surface area contributed by atoms with Crippen LogP contribution in [0.2, 0.25) is 5.02 Å². The Bertz CT molecular complexity index is 759. The zero-order chi connectivity index (χ0) is 14.1. The van der Waals surface area contributed by atoms with Crippen molar-refractivity contribution in [2.45, 2.75) is 13.3 Å². The summed E-state index contributed by atoms with van der Waals surface area (Å²) in [5, 5.41) is 0.591. The van der Waals surface area contributed by atoms with Crippen LogP contribution >= 0.6 is 11.6 Å². The van der Waals surface area contributed by atoms with E-state index in [2.05, 4.69) is 4.98 Å². The molecule has 3 nitrogen and oxygen atoms in total. The number of rotatable bonds is 3. The molecule has 0 aliphatic rings. The molecule has 0 radical (unpaired) electrons. The summed E-state index contributed by atoms with van der Waals surface area (Å²) in [5.74, 6) is 0.382. The highest BCUT2D eigenvalue weighted by atomic mass is 35.5. The Morgan fingerprint density at radius 2 is 2.00 bits per heavy atom. The highest BCUT2D eigenvalue weighted by Gasteiger charge is 2.15. The fourth-order valence-electron chi connectivity index (χ4n) is 2.14. The van der Waals surface area contributed by atoms with Gasteiger partial charge in [0.1, 0.15) is 5.52 Å². The van der Waals surface area contributed by atoms with Crippen LogP contribution in [0.25, 0.3) is 11.1 Å². The maximum atomic E-state index is 12.3. The molecule has 100 valence electrons. The zero-order valence-electron chi connectivity index (χ0n) is 10.9. The Hall–Kier alpha value is -2.13. The largest absolute Gasteiger partial charge is 0.440 e. The van der Waals surface area contributed by atoms with Gasteiger partial charge in [-0.3, -0.25) is 4.79 Å². The SMILES string of the molecule is Cc1c(Cl)cccc1C(=O)Cc1nc2ccccc2o1. The average molecular weight is 286 g/mol. The van der Waals surface area contributed by atoms with Crippen molar-refractivity contribution in [3.63, 3.8) is 0 Å². The zero-order valence-corrected chi connectivity index (χ0v) is 11.6. The summed E-state index contributed by atoms with van der Waals surface area (Å²) >= 11 is 6.03. The van der Waals surface area contributed by atoms with Gasteiger partial charge in [0.2, 0.25) is 5.89 Å². The number of benzene rings is 2. The molecule has 0 amide bonds. The molecule has 3 aromatic rings. The number of oxazole rings is 1. The van der Waals surface area contributed by atoms with Crippen molar-refractivity contribution in [1.29, 1.82) is 0 Å². The number of aromatic nitrogens is 1. The Morgan fingerprint density at radius 1 is 1.20 bits per heavy atom. The van der Waals surface area contributed by atoms with E-state index in [4.69, 9.17) is 16.0 Å². The Labute approximate surface area is 121 Å². The fraction of sp³-hybridized carbons (Fsp3) is 0.125. The third-order valence-electron chi connectivity index (χ3n) is 3.22. The van der Waals surface area contributed by atoms with Gasteiger partial charge in [0.25, 0.3) is 0 Å². The number of nitrogens with zero attached hydrogens (tertiary/aromatic N) is 1. The van der Waals surface area contributed by atoms with Crippen LogP contribution in [0, 0.1) is 6.92 Å². The number of ketones is 1. The van der Waals surface area contributed by atoms with E-state index in [1.54, 1.807) is 18.2 Å². The molecule has 20 heavy (non-hydrogen) atoms. The molecule has 4 heteroatoms. The predicted octanol–water partition coefficient (Wildman–Crippen LogP) is 4.22. The third kappa shape index (κ3) is 2.32. The number of halogens is 1. The summed E-state index contributed by atoms with van der Waals surface area (Å²) in [6.45, 7) is 1.83. The first-order valence-corrected chi connectivity index (χ1v) is 6.66. The predicted molar refractivity (Wildman–Crippen MR) is 78.2 cm³/mol. The van der Waals surface area contributed by atoms with Gasteiger partial charge in [-0.2, -0.15) is 0 Å². The summed E-state index contributed by atoms with van der Waals surface area (Å²) in [7, 11) is 0. The topological polar surface area (TPSA) is 43.1 Å². The van der Waals surface area contributed by atoms with Crippen molar-refractivity contribution in [2.75, 3.05) is 0 Å². The van der Waals surface area contributed by atoms with Gasteiger partial charge in [0.15, 0.2) is 11.4 Å². The van der Waals surface area contributed by atoms with Gasteiger partial charge in [0, 0.05) is 10.6 Å². The van der Waals surface area contributed by atoms with Gasteiger partial charge >= 0.3 is 0 Å². The van der Waals surface area contributed by atoms with E-state index < -0.39 is 0 Å². The van der Waals surface area contributed by atoms with E-state index >= 15 is 0 Å². The van der Waals surface area contributed by atoms with Gasteiger partial charge in [-0.05, 0) is 30.7 Å². The number of carbonyl (C=O) groups excluding carboxylic acids is 1. The van der Waals surface area contributed by atoms with Crippen LogP contribution in [0.4, 0.5) is 0 Å². The Kier molecular flexibility index (Phi) is 3.28. The lowest BCUT2D eigenvalue weighted by atomic mass is 10.0. The van der Waals surface area contributed by atoms with Crippen LogP contribution in [0.15, 0.2) is 46.9 Å². The molecular formula is C16H12ClNO2. The first-order chi connectivity index (χ1) is 9.65. The number of fused-ring (bicyclic) bond motifs is 1. The van der Waals surface area contributed by atoms with Gasteiger partial charge < -0.3 is 4.42 Å². The van der Waals surface area contributed by atoms with Crippen LogP contribution in [-0.4, -0.2) is 10.8 Å². The van der Waals surface area contributed by atoms with Crippen LogP contribution in [0.5, 0.6) is 0 Å². The van der Waals surface area contributed by atoms with Crippen LogP contribution in [0.3, 0.4) is 0 Å². The number of carbonyl (C=O) groups is 1. The second kappa shape index (κ2) is 5.10. The monoisotopic (exact) mass is 285 g/mol. The van der Waals surface area contributed by atoms with E-state index in [1.165, 1.54) is 0 Å². The van der Waals surface area contributed by atoms with Crippen LogP contribution < -0.4 is 0 Å². The molecule has 0 aliphatic heterocycles. The van der Waals surface area contributed by atoms with Crippen molar-refractivity contribution in [2.24, 2.45) is 0 Å². The molecule has 0 N–H and O–H groups in total. The summed E-state index contributed by atoms with van der Waals surface area (Å²) in [4.78, 5) is 16.6. The van der Waals surface area contributed by atoms with Crippen molar-refractivity contribution >= 4 is 28.5 Å². The quantitative estimate of drug-likeness (QED) is 0.677. The molecular weight excluding hydrogens is 274 g/mol. The molecule has 0 saturated heterocycles. The Balaban J connectivity index is 1.90. The van der Waals surface area contributed by atoms with Crippen LogP contribution in [0.1, 0.15) is 21.8 Å². The number of hydrogen-bond donors (Lipinski definition) is 0. The maximum absolute atomic E-state index is 12.3. The molecule has 0 fully saturated rings. The summed E-state index contributed by atoms with van der Waals surface area (Å²) < 4.78 is 5.57. The van der Waals surface area contributed by atoms with Crippen molar-refractivity contribution < 1.29 is 9.21 Å².